The average molecular weight is 249 g/mol. The zero-order valence-corrected chi connectivity index (χ0v) is 9.52. The van der Waals surface area contributed by atoms with Gasteiger partial charge in [0.05, 0.1) is 5.56 Å². The van der Waals surface area contributed by atoms with E-state index in [4.69, 9.17) is 5.73 Å². The van der Waals surface area contributed by atoms with Crippen LogP contribution >= 0.6 is 0 Å². The lowest BCUT2D eigenvalue weighted by atomic mass is 9.99. The molecule has 1 aromatic rings. The Balaban J connectivity index is 2.98. The molecule has 0 amide bonds. The summed E-state index contributed by atoms with van der Waals surface area (Å²) in [7, 11) is 0. The van der Waals surface area contributed by atoms with Crippen LogP contribution in [0.3, 0.4) is 0 Å². The first kappa shape index (κ1) is 14.0. The zero-order valence-electron chi connectivity index (χ0n) is 9.52. The maximum absolute atomic E-state index is 13.4. The van der Waals surface area contributed by atoms with Crippen LogP contribution in [0, 0.1) is 5.82 Å². The van der Waals surface area contributed by atoms with Crippen molar-refractivity contribution in [3.63, 3.8) is 0 Å². The van der Waals surface area contributed by atoms with Crippen LogP contribution in [-0.2, 0) is 6.18 Å². The van der Waals surface area contributed by atoms with E-state index in [0.29, 0.717) is 6.42 Å². The molecule has 1 aromatic carbocycles. The van der Waals surface area contributed by atoms with Crippen molar-refractivity contribution in [1.29, 1.82) is 0 Å². The van der Waals surface area contributed by atoms with E-state index in [2.05, 4.69) is 0 Å². The lowest BCUT2D eigenvalue weighted by Crippen LogP contribution is -2.14. The fraction of sp³-hybridized carbons (Fsp3) is 0.500. The lowest BCUT2D eigenvalue weighted by Gasteiger charge is -2.15. The molecule has 1 nitrogen and oxygen atoms in total. The Labute approximate surface area is 97.6 Å². The lowest BCUT2D eigenvalue weighted by molar-refractivity contribution is -0.137. The maximum atomic E-state index is 13.4. The minimum Gasteiger partial charge on any atom is -0.324 e. The van der Waals surface area contributed by atoms with Gasteiger partial charge in [0.25, 0.3) is 0 Å². The van der Waals surface area contributed by atoms with E-state index >= 15 is 0 Å². The predicted octanol–water partition coefficient (Wildman–Crippen LogP) is 4.03. The van der Waals surface area contributed by atoms with E-state index in [9.17, 15) is 17.6 Å². The summed E-state index contributed by atoms with van der Waals surface area (Å²) in [6.45, 7) is 1.94. The highest BCUT2D eigenvalue weighted by molar-refractivity contribution is 5.29. The summed E-state index contributed by atoms with van der Waals surface area (Å²) in [5.74, 6) is -0.679. The number of rotatable bonds is 4. The quantitative estimate of drug-likeness (QED) is 0.801. The van der Waals surface area contributed by atoms with Gasteiger partial charge in [-0.3, -0.25) is 0 Å². The van der Waals surface area contributed by atoms with Crippen molar-refractivity contribution >= 4 is 0 Å². The van der Waals surface area contributed by atoms with E-state index in [1.165, 1.54) is 0 Å². The van der Waals surface area contributed by atoms with Crippen LogP contribution < -0.4 is 5.73 Å². The number of unbranched alkanes of at least 4 members (excludes halogenated alkanes) is 1. The van der Waals surface area contributed by atoms with Crippen molar-refractivity contribution < 1.29 is 17.6 Å². The number of alkyl halides is 3. The molecule has 0 heterocycles. The summed E-state index contributed by atoms with van der Waals surface area (Å²) in [5.41, 5.74) is 4.76. The molecule has 0 aliphatic heterocycles. The fourth-order valence-corrected chi connectivity index (χ4v) is 1.58. The molecule has 0 aliphatic rings. The van der Waals surface area contributed by atoms with E-state index < -0.39 is 23.6 Å². The molecule has 0 radical (unpaired) electrons. The number of benzene rings is 1. The highest BCUT2D eigenvalue weighted by Gasteiger charge is 2.31. The normalized spacial score (nSPS) is 13.8. The van der Waals surface area contributed by atoms with E-state index in [0.717, 1.165) is 31.0 Å². The van der Waals surface area contributed by atoms with Crippen LogP contribution in [0.5, 0.6) is 0 Å². The topological polar surface area (TPSA) is 26.0 Å². The molecule has 0 aliphatic carbocycles. The molecule has 1 atom stereocenters. The second-order valence-corrected chi connectivity index (χ2v) is 3.98. The molecule has 0 fully saturated rings. The van der Waals surface area contributed by atoms with Crippen molar-refractivity contribution in [2.75, 3.05) is 0 Å². The van der Waals surface area contributed by atoms with Gasteiger partial charge in [-0.15, -0.1) is 0 Å². The summed E-state index contributed by atoms with van der Waals surface area (Å²) in [6, 6.07) is 1.67. The van der Waals surface area contributed by atoms with E-state index in [1.807, 2.05) is 6.92 Å². The third kappa shape index (κ3) is 3.70. The molecule has 0 saturated heterocycles. The molecule has 2 N–H and O–H groups in total. The average Bonchev–Trinajstić information content (AvgIpc) is 2.24. The smallest absolute Gasteiger partial charge is 0.324 e. The molecule has 0 saturated carbocycles. The zero-order chi connectivity index (χ0) is 13.1. The van der Waals surface area contributed by atoms with Crippen LogP contribution in [0.2, 0.25) is 0 Å². The van der Waals surface area contributed by atoms with Crippen molar-refractivity contribution in [3.05, 3.63) is 35.1 Å². The molecule has 1 rings (SSSR count). The Morgan fingerprint density at radius 1 is 1.29 bits per heavy atom. The van der Waals surface area contributed by atoms with Gasteiger partial charge in [0.2, 0.25) is 0 Å². The van der Waals surface area contributed by atoms with Gasteiger partial charge in [0.15, 0.2) is 0 Å². The SMILES string of the molecule is CCCC[C@H](N)c1cc(C(F)(F)F)ccc1F. The first-order chi connectivity index (χ1) is 7.86. The van der Waals surface area contributed by atoms with Crippen LogP contribution in [0.4, 0.5) is 17.6 Å². The minimum absolute atomic E-state index is 0.0618. The number of hydrogen-bond acceptors (Lipinski definition) is 1. The number of hydrogen-bond donors (Lipinski definition) is 1. The number of halogens is 4. The predicted molar refractivity (Wildman–Crippen MR) is 57.9 cm³/mol. The van der Waals surface area contributed by atoms with Gasteiger partial charge < -0.3 is 5.73 Å². The van der Waals surface area contributed by atoms with Crippen molar-refractivity contribution in [2.24, 2.45) is 5.73 Å². The van der Waals surface area contributed by atoms with Gasteiger partial charge in [-0.25, -0.2) is 4.39 Å². The Morgan fingerprint density at radius 3 is 2.47 bits per heavy atom. The molecule has 96 valence electrons. The van der Waals surface area contributed by atoms with Crippen LogP contribution in [0.25, 0.3) is 0 Å². The highest BCUT2D eigenvalue weighted by atomic mass is 19.4. The van der Waals surface area contributed by atoms with Crippen LogP contribution in [-0.4, -0.2) is 0 Å². The number of nitrogens with two attached hydrogens (primary N) is 1. The summed E-state index contributed by atoms with van der Waals surface area (Å²) >= 11 is 0. The minimum atomic E-state index is -4.47. The van der Waals surface area contributed by atoms with E-state index in [1.54, 1.807) is 0 Å². The first-order valence-corrected chi connectivity index (χ1v) is 5.48. The van der Waals surface area contributed by atoms with Gasteiger partial charge in [0.1, 0.15) is 5.82 Å². The third-order valence-corrected chi connectivity index (χ3v) is 2.59. The molecular formula is C12H15F4N. The molecule has 5 heteroatoms. The second-order valence-electron chi connectivity index (χ2n) is 3.98. The van der Waals surface area contributed by atoms with Gasteiger partial charge in [-0.1, -0.05) is 19.8 Å². The Hall–Kier alpha value is -1.10. The van der Waals surface area contributed by atoms with E-state index in [-0.39, 0.29) is 5.56 Å². The highest BCUT2D eigenvalue weighted by Crippen LogP contribution is 2.32. The Bertz CT molecular complexity index is 373. The molecule has 0 aromatic heterocycles. The largest absolute Gasteiger partial charge is 0.416 e. The summed E-state index contributed by atoms with van der Waals surface area (Å²) in [4.78, 5) is 0. The Morgan fingerprint density at radius 2 is 1.94 bits per heavy atom. The molecule has 0 spiro atoms. The molecular weight excluding hydrogens is 234 g/mol. The maximum Gasteiger partial charge on any atom is 0.416 e. The van der Waals surface area contributed by atoms with Gasteiger partial charge in [0, 0.05) is 11.6 Å². The molecule has 0 unspecified atom stereocenters. The van der Waals surface area contributed by atoms with Gasteiger partial charge in [-0.05, 0) is 24.6 Å². The van der Waals surface area contributed by atoms with Gasteiger partial charge >= 0.3 is 6.18 Å². The first-order valence-electron chi connectivity index (χ1n) is 5.48. The Kier molecular flexibility index (Phi) is 4.51. The molecule has 17 heavy (non-hydrogen) atoms. The third-order valence-electron chi connectivity index (χ3n) is 2.59. The summed E-state index contributed by atoms with van der Waals surface area (Å²) in [5, 5.41) is 0. The monoisotopic (exact) mass is 249 g/mol. The molecule has 0 bridgehead atoms. The fourth-order valence-electron chi connectivity index (χ4n) is 1.58. The van der Waals surface area contributed by atoms with Crippen LogP contribution in [0.1, 0.15) is 43.4 Å². The summed E-state index contributed by atoms with van der Waals surface area (Å²) < 4.78 is 50.7. The summed E-state index contributed by atoms with van der Waals surface area (Å²) in [6.07, 6.45) is -2.35. The second kappa shape index (κ2) is 5.49. The van der Waals surface area contributed by atoms with Crippen molar-refractivity contribution in [3.8, 4) is 0 Å². The van der Waals surface area contributed by atoms with Crippen molar-refractivity contribution in [2.45, 2.75) is 38.4 Å². The van der Waals surface area contributed by atoms with Crippen molar-refractivity contribution in [1.82, 2.24) is 0 Å². The van der Waals surface area contributed by atoms with Gasteiger partial charge in [-0.2, -0.15) is 13.2 Å². The standard InChI is InChI=1S/C12H15F4N/c1-2-3-4-11(17)9-7-8(12(14,15)16)5-6-10(9)13/h5-7,11H,2-4,17H2,1H3/t11-/m0/s1. The van der Waals surface area contributed by atoms with Crippen LogP contribution in [0.15, 0.2) is 18.2 Å².